The lowest BCUT2D eigenvalue weighted by molar-refractivity contribution is 0.0653. The van der Waals surface area contributed by atoms with Gasteiger partial charge in [-0.1, -0.05) is 18.5 Å². The van der Waals surface area contributed by atoms with Crippen LogP contribution in [0.4, 0.5) is 0 Å². The Morgan fingerprint density at radius 1 is 1.53 bits per heavy atom. The fraction of sp³-hybridized carbons (Fsp3) is 0.455. The lowest BCUT2D eigenvalue weighted by atomic mass is 9.98. The molecule has 3 N–H and O–H groups in total. The van der Waals surface area contributed by atoms with Crippen LogP contribution in [0, 0.1) is 0 Å². The molecule has 1 heterocycles. The van der Waals surface area contributed by atoms with Crippen molar-refractivity contribution in [1.82, 2.24) is 10.3 Å². The number of halogens is 1. The smallest absolute Gasteiger partial charge is 0.253 e. The maximum Gasteiger partial charge on any atom is 0.253 e. The number of aliphatic hydroxyl groups excluding tert-OH is 2. The molecule has 0 saturated carbocycles. The van der Waals surface area contributed by atoms with E-state index in [0.29, 0.717) is 6.42 Å². The van der Waals surface area contributed by atoms with E-state index in [1.54, 1.807) is 6.92 Å². The highest BCUT2D eigenvalue weighted by Crippen LogP contribution is 2.16. The Morgan fingerprint density at radius 3 is 2.65 bits per heavy atom. The Labute approximate surface area is 104 Å². The summed E-state index contributed by atoms with van der Waals surface area (Å²) in [6.07, 6.45) is 3.22. The van der Waals surface area contributed by atoms with Crippen LogP contribution < -0.4 is 5.32 Å². The van der Waals surface area contributed by atoms with Crippen molar-refractivity contribution < 1.29 is 15.0 Å². The molecular weight excluding hydrogens is 244 g/mol. The van der Waals surface area contributed by atoms with Crippen LogP contribution >= 0.6 is 11.6 Å². The summed E-state index contributed by atoms with van der Waals surface area (Å²) in [5.41, 5.74) is -0.759. The second kappa shape index (κ2) is 5.95. The third-order valence-electron chi connectivity index (χ3n) is 2.68. The normalized spacial score (nSPS) is 11.3. The van der Waals surface area contributed by atoms with Gasteiger partial charge in [-0.3, -0.25) is 9.78 Å². The SMILES string of the molecule is CCC(CO)(CO)NC(=O)c1ccncc1Cl. The molecular formula is C11H15ClN2O3. The molecule has 0 aliphatic rings. The summed E-state index contributed by atoms with van der Waals surface area (Å²) in [4.78, 5) is 15.7. The molecule has 6 heteroatoms. The van der Waals surface area contributed by atoms with Crippen LogP contribution in [-0.2, 0) is 0 Å². The van der Waals surface area contributed by atoms with E-state index in [2.05, 4.69) is 10.3 Å². The number of nitrogens with zero attached hydrogens (tertiary/aromatic N) is 1. The number of amides is 1. The summed E-state index contributed by atoms with van der Waals surface area (Å²) >= 11 is 5.83. The number of aromatic nitrogens is 1. The van der Waals surface area contributed by atoms with E-state index in [1.807, 2.05) is 0 Å². The maximum atomic E-state index is 11.9. The zero-order valence-corrected chi connectivity index (χ0v) is 10.2. The Morgan fingerprint density at radius 2 is 2.18 bits per heavy atom. The van der Waals surface area contributed by atoms with Crippen LogP contribution in [0.2, 0.25) is 5.02 Å². The van der Waals surface area contributed by atoms with Gasteiger partial charge in [0.05, 0.1) is 29.3 Å². The molecule has 0 radical (unpaired) electrons. The number of hydrogen-bond acceptors (Lipinski definition) is 4. The predicted octanol–water partition coefficient (Wildman–Crippen LogP) is 0.598. The number of carbonyl (C=O) groups is 1. The average molecular weight is 259 g/mol. The summed E-state index contributed by atoms with van der Waals surface area (Å²) < 4.78 is 0. The lowest BCUT2D eigenvalue weighted by Crippen LogP contribution is -2.53. The van der Waals surface area contributed by atoms with E-state index in [4.69, 9.17) is 11.6 Å². The highest BCUT2D eigenvalue weighted by Gasteiger charge is 2.29. The second-order valence-corrected chi connectivity index (χ2v) is 4.17. The van der Waals surface area contributed by atoms with E-state index < -0.39 is 11.4 Å². The Balaban J connectivity index is 2.89. The Hall–Kier alpha value is -1.17. The van der Waals surface area contributed by atoms with Crippen LogP contribution in [0.25, 0.3) is 0 Å². The van der Waals surface area contributed by atoms with Crippen molar-refractivity contribution in [3.63, 3.8) is 0 Å². The summed E-state index contributed by atoms with van der Waals surface area (Å²) in [5.74, 6) is -0.442. The van der Waals surface area contributed by atoms with E-state index in [1.165, 1.54) is 18.5 Å². The van der Waals surface area contributed by atoms with E-state index in [-0.39, 0.29) is 23.8 Å². The van der Waals surface area contributed by atoms with Gasteiger partial charge in [0, 0.05) is 12.4 Å². The molecule has 1 amide bonds. The number of pyridine rings is 1. The van der Waals surface area contributed by atoms with E-state index in [9.17, 15) is 15.0 Å². The first-order valence-electron chi connectivity index (χ1n) is 5.22. The molecule has 0 aliphatic carbocycles. The van der Waals surface area contributed by atoms with Gasteiger partial charge in [-0.15, -0.1) is 0 Å². The Kier molecular flexibility index (Phi) is 4.86. The van der Waals surface area contributed by atoms with Crippen molar-refractivity contribution in [3.8, 4) is 0 Å². The zero-order chi connectivity index (χ0) is 12.9. The van der Waals surface area contributed by atoms with Crippen LogP contribution in [0.5, 0.6) is 0 Å². The van der Waals surface area contributed by atoms with Crippen molar-refractivity contribution in [3.05, 3.63) is 29.0 Å². The van der Waals surface area contributed by atoms with Gasteiger partial charge in [-0.05, 0) is 12.5 Å². The first kappa shape index (κ1) is 13.9. The fourth-order valence-electron chi connectivity index (χ4n) is 1.31. The highest BCUT2D eigenvalue weighted by molar-refractivity contribution is 6.33. The molecule has 1 aromatic rings. The lowest BCUT2D eigenvalue weighted by Gasteiger charge is -2.29. The van der Waals surface area contributed by atoms with Gasteiger partial charge in [0.2, 0.25) is 0 Å². The second-order valence-electron chi connectivity index (χ2n) is 3.76. The predicted molar refractivity (Wildman–Crippen MR) is 63.9 cm³/mol. The minimum atomic E-state index is -1.02. The Bertz CT molecular complexity index is 386. The number of rotatable bonds is 5. The first-order chi connectivity index (χ1) is 8.08. The van der Waals surface area contributed by atoms with Gasteiger partial charge >= 0.3 is 0 Å². The monoisotopic (exact) mass is 258 g/mol. The van der Waals surface area contributed by atoms with Crippen molar-refractivity contribution >= 4 is 17.5 Å². The van der Waals surface area contributed by atoms with Gasteiger partial charge in [-0.25, -0.2) is 0 Å². The van der Waals surface area contributed by atoms with Gasteiger partial charge in [-0.2, -0.15) is 0 Å². The summed E-state index contributed by atoms with van der Waals surface area (Å²) in [6, 6.07) is 1.48. The molecule has 17 heavy (non-hydrogen) atoms. The van der Waals surface area contributed by atoms with Gasteiger partial charge in [0.15, 0.2) is 0 Å². The number of aliphatic hydroxyl groups is 2. The average Bonchev–Trinajstić information content (AvgIpc) is 2.36. The first-order valence-corrected chi connectivity index (χ1v) is 5.60. The van der Waals surface area contributed by atoms with Crippen molar-refractivity contribution in [1.29, 1.82) is 0 Å². The van der Waals surface area contributed by atoms with Crippen LogP contribution in [0.1, 0.15) is 23.7 Å². The molecule has 94 valence electrons. The minimum Gasteiger partial charge on any atom is -0.394 e. The highest BCUT2D eigenvalue weighted by atomic mass is 35.5. The molecule has 0 unspecified atom stereocenters. The molecule has 5 nitrogen and oxygen atoms in total. The van der Waals surface area contributed by atoms with E-state index in [0.717, 1.165) is 0 Å². The molecule has 0 atom stereocenters. The molecule has 1 aromatic heterocycles. The van der Waals surface area contributed by atoms with Gasteiger partial charge in [0.1, 0.15) is 0 Å². The molecule has 0 spiro atoms. The largest absolute Gasteiger partial charge is 0.394 e. The summed E-state index contributed by atoms with van der Waals surface area (Å²) in [5, 5.41) is 21.3. The van der Waals surface area contributed by atoms with Crippen molar-refractivity contribution in [2.45, 2.75) is 18.9 Å². The summed E-state index contributed by atoms with van der Waals surface area (Å²) in [6.45, 7) is 1.09. The van der Waals surface area contributed by atoms with Crippen LogP contribution in [0.15, 0.2) is 18.5 Å². The molecule has 1 rings (SSSR count). The number of hydrogen-bond donors (Lipinski definition) is 3. The fourth-order valence-corrected chi connectivity index (χ4v) is 1.51. The van der Waals surface area contributed by atoms with Gasteiger partial charge < -0.3 is 15.5 Å². The zero-order valence-electron chi connectivity index (χ0n) is 9.48. The van der Waals surface area contributed by atoms with Crippen LogP contribution in [0.3, 0.4) is 0 Å². The molecule has 0 fully saturated rings. The summed E-state index contributed by atoms with van der Waals surface area (Å²) in [7, 11) is 0. The van der Waals surface area contributed by atoms with E-state index >= 15 is 0 Å². The quantitative estimate of drug-likeness (QED) is 0.722. The standard InChI is InChI=1S/C11H15ClN2O3/c1-2-11(6-15,7-16)14-10(17)8-3-4-13-5-9(8)12/h3-5,15-16H,2,6-7H2,1H3,(H,14,17). The minimum absolute atomic E-state index is 0.228. The third-order valence-corrected chi connectivity index (χ3v) is 2.98. The van der Waals surface area contributed by atoms with Crippen molar-refractivity contribution in [2.75, 3.05) is 13.2 Å². The number of carbonyl (C=O) groups excluding carboxylic acids is 1. The third kappa shape index (κ3) is 3.15. The topological polar surface area (TPSA) is 82.5 Å². The maximum absolute atomic E-state index is 11.9. The molecule has 0 saturated heterocycles. The van der Waals surface area contributed by atoms with Crippen molar-refractivity contribution in [2.24, 2.45) is 0 Å². The molecule has 0 aromatic carbocycles. The molecule has 0 bridgehead atoms. The molecule has 0 aliphatic heterocycles. The van der Waals surface area contributed by atoms with Gasteiger partial charge in [0.25, 0.3) is 5.91 Å². The number of nitrogens with one attached hydrogen (secondary N) is 1. The van der Waals surface area contributed by atoms with Crippen LogP contribution in [-0.4, -0.2) is 39.9 Å².